The van der Waals surface area contributed by atoms with E-state index < -0.39 is 11.7 Å². The number of fused-ring (bicyclic) bond motifs is 2. The SMILES string of the molecule is CC(=O)c1ccc2cc3cc(-c4cnc(C(NC(=O)OC(C)(C)C)C(C)(C)C)[nH]4)ccc3cc2c1. The second-order valence-corrected chi connectivity index (χ2v) is 11.2. The lowest BCUT2D eigenvalue weighted by molar-refractivity contribution is 0.0458. The number of nitrogens with zero attached hydrogens (tertiary/aromatic N) is 1. The zero-order valence-electron chi connectivity index (χ0n) is 21.4. The third-order valence-electron chi connectivity index (χ3n) is 5.91. The van der Waals surface area contributed by atoms with Crippen LogP contribution in [0.5, 0.6) is 0 Å². The number of aromatic nitrogens is 2. The number of H-pyrrole nitrogens is 1. The van der Waals surface area contributed by atoms with Crippen LogP contribution < -0.4 is 5.32 Å². The number of nitrogens with one attached hydrogen (secondary N) is 2. The summed E-state index contributed by atoms with van der Waals surface area (Å²) in [5, 5.41) is 7.30. The summed E-state index contributed by atoms with van der Waals surface area (Å²) in [6, 6.07) is 15.9. The minimum atomic E-state index is -0.580. The van der Waals surface area contributed by atoms with Crippen molar-refractivity contribution in [2.75, 3.05) is 0 Å². The molecule has 1 heterocycles. The van der Waals surface area contributed by atoms with Crippen LogP contribution in [0.25, 0.3) is 32.8 Å². The first kappa shape index (κ1) is 24.5. The molecule has 1 unspecified atom stereocenters. The van der Waals surface area contributed by atoms with Crippen molar-refractivity contribution in [3.05, 3.63) is 66.1 Å². The van der Waals surface area contributed by atoms with Crippen LogP contribution >= 0.6 is 0 Å². The summed E-state index contributed by atoms with van der Waals surface area (Å²) in [4.78, 5) is 32.2. The Morgan fingerprint density at radius 3 is 2.11 bits per heavy atom. The van der Waals surface area contributed by atoms with Crippen molar-refractivity contribution in [1.29, 1.82) is 0 Å². The van der Waals surface area contributed by atoms with Crippen LogP contribution in [0.15, 0.2) is 54.7 Å². The van der Waals surface area contributed by atoms with Crippen molar-refractivity contribution in [2.45, 2.75) is 60.1 Å². The van der Waals surface area contributed by atoms with Gasteiger partial charge >= 0.3 is 6.09 Å². The Bertz CT molecular complexity index is 1420. The maximum absolute atomic E-state index is 12.5. The summed E-state index contributed by atoms with van der Waals surface area (Å²) in [5.74, 6) is 0.737. The minimum absolute atomic E-state index is 0.0621. The van der Waals surface area contributed by atoms with Gasteiger partial charge in [0, 0.05) is 11.1 Å². The molecule has 0 fully saturated rings. The van der Waals surface area contributed by atoms with Crippen LogP contribution in [0.2, 0.25) is 0 Å². The van der Waals surface area contributed by atoms with Gasteiger partial charge in [-0.3, -0.25) is 4.79 Å². The number of benzene rings is 3. The molecule has 1 atom stereocenters. The molecule has 0 bridgehead atoms. The summed E-state index contributed by atoms with van der Waals surface area (Å²) in [7, 11) is 0. The van der Waals surface area contributed by atoms with Gasteiger partial charge in [-0.25, -0.2) is 9.78 Å². The highest BCUT2D eigenvalue weighted by Gasteiger charge is 2.32. The number of Topliss-reactive ketones (excluding diaryl/α,β-unsaturated/α-hetero) is 1. The number of ether oxygens (including phenoxy) is 1. The molecule has 0 aliphatic carbocycles. The van der Waals surface area contributed by atoms with Crippen LogP contribution in [-0.2, 0) is 4.74 Å². The molecule has 0 spiro atoms. The summed E-state index contributed by atoms with van der Waals surface area (Å²) in [6.07, 6.45) is 1.33. The highest BCUT2D eigenvalue weighted by Crippen LogP contribution is 2.33. The summed E-state index contributed by atoms with van der Waals surface area (Å²) in [5.41, 5.74) is 1.72. The van der Waals surface area contributed by atoms with Crippen molar-refractivity contribution in [2.24, 2.45) is 5.41 Å². The second-order valence-electron chi connectivity index (χ2n) is 11.2. The van der Waals surface area contributed by atoms with Gasteiger partial charge in [0.2, 0.25) is 0 Å². The van der Waals surface area contributed by atoms with Gasteiger partial charge in [-0.05, 0) is 78.9 Å². The number of hydrogen-bond acceptors (Lipinski definition) is 4. The first-order valence-electron chi connectivity index (χ1n) is 11.8. The Balaban J connectivity index is 1.66. The van der Waals surface area contributed by atoms with Crippen molar-refractivity contribution in [3.8, 4) is 11.3 Å². The van der Waals surface area contributed by atoms with Gasteiger partial charge in [-0.15, -0.1) is 0 Å². The largest absolute Gasteiger partial charge is 0.444 e. The number of hydrogen-bond donors (Lipinski definition) is 2. The fourth-order valence-corrected chi connectivity index (χ4v) is 4.13. The normalized spacial score (nSPS) is 13.1. The molecular weight excluding hydrogens is 438 g/mol. The van der Waals surface area contributed by atoms with E-state index in [-0.39, 0.29) is 17.2 Å². The molecule has 0 radical (unpaired) electrons. The van der Waals surface area contributed by atoms with Crippen molar-refractivity contribution >= 4 is 33.4 Å². The molecule has 6 nitrogen and oxygen atoms in total. The molecule has 1 aromatic heterocycles. The van der Waals surface area contributed by atoms with E-state index in [0.29, 0.717) is 11.4 Å². The summed E-state index contributed by atoms with van der Waals surface area (Å²) >= 11 is 0. The van der Waals surface area contributed by atoms with Gasteiger partial charge in [-0.2, -0.15) is 0 Å². The number of aromatic amines is 1. The maximum atomic E-state index is 12.5. The first-order chi connectivity index (χ1) is 16.3. The fourth-order valence-electron chi connectivity index (χ4n) is 4.13. The lowest BCUT2D eigenvalue weighted by Gasteiger charge is -2.31. The van der Waals surface area contributed by atoms with Gasteiger partial charge in [0.05, 0.1) is 17.9 Å². The summed E-state index contributed by atoms with van der Waals surface area (Å²) in [6.45, 7) is 13.3. The number of imidazole rings is 1. The molecule has 0 saturated heterocycles. The van der Waals surface area contributed by atoms with Gasteiger partial charge in [0.25, 0.3) is 0 Å². The topological polar surface area (TPSA) is 84.1 Å². The van der Waals surface area contributed by atoms with Gasteiger partial charge in [0.15, 0.2) is 5.78 Å². The Morgan fingerprint density at radius 2 is 1.51 bits per heavy atom. The molecule has 1 amide bonds. The van der Waals surface area contributed by atoms with Gasteiger partial charge in [0.1, 0.15) is 11.4 Å². The Hall–Kier alpha value is -3.67. The first-order valence-corrected chi connectivity index (χ1v) is 11.8. The van der Waals surface area contributed by atoms with Crippen molar-refractivity contribution in [3.63, 3.8) is 0 Å². The van der Waals surface area contributed by atoms with Crippen LogP contribution in [0.4, 0.5) is 4.79 Å². The maximum Gasteiger partial charge on any atom is 0.408 e. The quantitative estimate of drug-likeness (QED) is 0.243. The number of amides is 1. The predicted octanol–water partition coefficient (Wildman–Crippen LogP) is 7.20. The average Bonchev–Trinajstić information content (AvgIpc) is 3.23. The molecule has 0 saturated carbocycles. The lowest BCUT2D eigenvalue weighted by atomic mass is 9.86. The van der Waals surface area contributed by atoms with Crippen molar-refractivity contribution in [1.82, 2.24) is 15.3 Å². The molecule has 182 valence electrons. The number of alkyl carbamates (subject to hydrolysis) is 1. The van der Waals surface area contributed by atoms with E-state index in [9.17, 15) is 9.59 Å². The van der Waals surface area contributed by atoms with E-state index >= 15 is 0 Å². The second kappa shape index (κ2) is 8.84. The van der Waals surface area contributed by atoms with Crippen LogP contribution in [0.1, 0.15) is 70.7 Å². The van der Waals surface area contributed by atoms with Gasteiger partial charge in [-0.1, -0.05) is 45.0 Å². The molecule has 4 rings (SSSR count). The third-order valence-corrected chi connectivity index (χ3v) is 5.91. The standard InChI is InChI=1S/C29H33N3O3/c1-17(33)18-8-9-19-14-23-15-21(11-10-20(23)13-22(19)12-18)24-16-30-26(31-24)25(28(2,3)4)32-27(34)35-29(5,6)7/h8-16,25H,1-7H3,(H,30,31)(H,32,34). The van der Waals surface area contributed by atoms with E-state index in [4.69, 9.17) is 4.74 Å². The Labute approximate surface area is 206 Å². The molecule has 2 N–H and O–H groups in total. The molecule has 0 aliphatic heterocycles. The highest BCUT2D eigenvalue weighted by atomic mass is 16.6. The molecule has 0 aliphatic rings. The Morgan fingerprint density at radius 1 is 0.886 bits per heavy atom. The smallest absolute Gasteiger partial charge is 0.408 e. The molecule has 4 aromatic rings. The van der Waals surface area contributed by atoms with E-state index in [2.05, 4.69) is 60.3 Å². The molecular formula is C29H33N3O3. The fraction of sp³-hybridized carbons (Fsp3) is 0.345. The number of ketones is 1. The Kier molecular flexibility index (Phi) is 6.18. The van der Waals surface area contributed by atoms with E-state index in [1.165, 1.54) is 0 Å². The zero-order valence-corrected chi connectivity index (χ0v) is 21.4. The minimum Gasteiger partial charge on any atom is -0.444 e. The number of carbonyl (C=O) groups is 2. The van der Waals surface area contributed by atoms with Gasteiger partial charge < -0.3 is 15.0 Å². The van der Waals surface area contributed by atoms with Crippen LogP contribution in [0, 0.1) is 5.41 Å². The van der Waals surface area contributed by atoms with E-state index in [1.54, 1.807) is 13.1 Å². The van der Waals surface area contributed by atoms with Crippen LogP contribution in [-0.4, -0.2) is 27.4 Å². The third kappa shape index (κ3) is 5.53. The number of rotatable bonds is 4. The van der Waals surface area contributed by atoms with E-state index in [1.807, 2.05) is 45.0 Å². The summed E-state index contributed by atoms with van der Waals surface area (Å²) < 4.78 is 5.47. The zero-order chi connectivity index (χ0) is 25.5. The van der Waals surface area contributed by atoms with E-state index in [0.717, 1.165) is 32.8 Å². The highest BCUT2D eigenvalue weighted by molar-refractivity contribution is 6.03. The predicted molar refractivity (Wildman–Crippen MR) is 141 cm³/mol. The molecule has 3 aromatic carbocycles. The molecule has 35 heavy (non-hydrogen) atoms. The number of carbonyl (C=O) groups excluding carboxylic acids is 2. The monoisotopic (exact) mass is 471 g/mol. The van der Waals surface area contributed by atoms with Crippen LogP contribution in [0.3, 0.4) is 0 Å². The lowest BCUT2D eigenvalue weighted by Crippen LogP contribution is -2.40. The average molecular weight is 472 g/mol. The van der Waals surface area contributed by atoms with Crippen molar-refractivity contribution < 1.29 is 14.3 Å². The molecule has 6 heteroatoms.